The van der Waals surface area contributed by atoms with E-state index >= 15 is 0 Å². The van der Waals surface area contributed by atoms with E-state index in [1.165, 1.54) is 24.3 Å². The van der Waals surface area contributed by atoms with Gasteiger partial charge in [-0.25, -0.2) is 13.2 Å². The van der Waals surface area contributed by atoms with Crippen LogP contribution in [-0.2, 0) is 19.5 Å². The topological polar surface area (TPSA) is 72.9 Å². The molecule has 1 heterocycles. The molecule has 1 saturated heterocycles. The number of rotatable bonds is 7. The number of benzene rings is 1. The van der Waals surface area contributed by atoms with Crippen LogP contribution in [0.5, 0.6) is 0 Å². The lowest BCUT2D eigenvalue weighted by Gasteiger charge is -2.24. The molecule has 0 radical (unpaired) electrons. The Morgan fingerprint density at radius 2 is 1.96 bits per heavy atom. The zero-order valence-corrected chi connectivity index (χ0v) is 14.6. The summed E-state index contributed by atoms with van der Waals surface area (Å²) in [5.41, 5.74) is 0.359. The highest BCUT2D eigenvalue weighted by Gasteiger charge is 2.39. The molecule has 0 spiro atoms. The van der Waals surface area contributed by atoms with Crippen LogP contribution in [-0.4, -0.2) is 51.1 Å². The second-order valence-electron chi connectivity index (χ2n) is 6.28. The summed E-state index contributed by atoms with van der Waals surface area (Å²) in [6, 6.07) is 6.09. The third kappa shape index (κ3) is 3.79. The molecule has 132 valence electrons. The minimum absolute atomic E-state index is 0.0975. The number of sulfonamides is 1. The van der Waals surface area contributed by atoms with Crippen molar-refractivity contribution in [2.75, 3.05) is 26.4 Å². The van der Waals surface area contributed by atoms with Gasteiger partial charge in [-0.15, -0.1) is 0 Å². The number of esters is 1. The fourth-order valence-electron chi connectivity index (χ4n) is 2.90. The number of carbonyl (C=O) groups is 1. The summed E-state index contributed by atoms with van der Waals surface area (Å²) in [7, 11) is -3.55. The number of hydrogen-bond donors (Lipinski definition) is 0. The minimum Gasteiger partial charge on any atom is -0.462 e. The van der Waals surface area contributed by atoms with E-state index in [-0.39, 0.29) is 23.5 Å². The summed E-state index contributed by atoms with van der Waals surface area (Å²) in [6.07, 6.45) is 2.72. The number of carbonyl (C=O) groups excluding carboxylic acids is 1. The van der Waals surface area contributed by atoms with E-state index in [9.17, 15) is 13.2 Å². The van der Waals surface area contributed by atoms with Gasteiger partial charge in [0.05, 0.1) is 23.7 Å². The van der Waals surface area contributed by atoms with Crippen LogP contribution in [0.25, 0.3) is 0 Å². The molecule has 1 aliphatic carbocycles. The fourth-order valence-corrected chi connectivity index (χ4v) is 4.66. The van der Waals surface area contributed by atoms with Crippen LogP contribution in [0, 0.1) is 5.92 Å². The molecule has 24 heavy (non-hydrogen) atoms. The Morgan fingerprint density at radius 1 is 1.25 bits per heavy atom. The third-order valence-corrected chi connectivity index (χ3v) is 6.32. The van der Waals surface area contributed by atoms with Crippen molar-refractivity contribution >= 4 is 16.0 Å². The van der Waals surface area contributed by atoms with Crippen molar-refractivity contribution in [3.05, 3.63) is 29.8 Å². The first-order valence-corrected chi connectivity index (χ1v) is 9.83. The van der Waals surface area contributed by atoms with Gasteiger partial charge in [0, 0.05) is 19.2 Å². The van der Waals surface area contributed by atoms with Crippen molar-refractivity contribution in [3.8, 4) is 0 Å². The Hall–Kier alpha value is -1.44. The van der Waals surface area contributed by atoms with E-state index in [1.54, 1.807) is 11.2 Å². The summed E-state index contributed by atoms with van der Waals surface area (Å²) in [5, 5.41) is 0. The molecule has 6 nitrogen and oxygen atoms in total. The van der Waals surface area contributed by atoms with Crippen LogP contribution in [0.3, 0.4) is 0 Å². The smallest absolute Gasteiger partial charge is 0.338 e. The average Bonchev–Trinajstić information content (AvgIpc) is 3.28. The summed E-state index contributed by atoms with van der Waals surface area (Å²) >= 11 is 0. The largest absolute Gasteiger partial charge is 0.462 e. The molecule has 0 amide bonds. The summed E-state index contributed by atoms with van der Waals surface area (Å²) in [6.45, 7) is 3.86. The van der Waals surface area contributed by atoms with E-state index in [2.05, 4.69) is 0 Å². The predicted octanol–water partition coefficient (Wildman–Crippen LogP) is 2.05. The van der Waals surface area contributed by atoms with E-state index < -0.39 is 16.0 Å². The maximum atomic E-state index is 13.0. The van der Waals surface area contributed by atoms with Gasteiger partial charge in [0.15, 0.2) is 0 Å². The first-order chi connectivity index (χ1) is 11.5. The maximum absolute atomic E-state index is 13.0. The van der Waals surface area contributed by atoms with Crippen molar-refractivity contribution in [1.29, 1.82) is 0 Å². The molecule has 0 aromatic heterocycles. The Labute approximate surface area is 142 Å². The number of ether oxygens (including phenoxy) is 2. The second kappa shape index (κ2) is 7.21. The SMILES string of the molecule is CCOC(=O)c1ccc(S(=O)(=O)N(C[C@@H]2CCOC2)C2CC2)cc1. The van der Waals surface area contributed by atoms with Crippen molar-refractivity contribution in [2.45, 2.75) is 37.1 Å². The molecular formula is C17H23NO5S. The molecule has 1 aliphatic heterocycles. The number of nitrogens with zero attached hydrogens (tertiary/aromatic N) is 1. The van der Waals surface area contributed by atoms with Crippen molar-refractivity contribution in [2.24, 2.45) is 5.92 Å². The Kier molecular flexibility index (Phi) is 5.22. The van der Waals surface area contributed by atoms with Gasteiger partial charge in [0.2, 0.25) is 10.0 Å². The van der Waals surface area contributed by atoms with Crippen LogP contribution >= 0.6 is 0 Å². The molecule has 1 saturated carbocycles. The molecule has 2 fully saturated rings. The molecule has 3 rings (SSSR count). The lowest BCUT2D eigenvalue weighted by molar-refractivity contribution is 0.0526. The van der Waals surface area contributed by atoms with E-state index in [1.807, 2.05) is 0 Å². The van der Waals surface area contributed by atoms with Gasteiger partial charge in [-0.05, 0) is 56.4 Å². The number of hydrogen-bond acceptors (Lipinski definition) is 5. The standard InChI is InChI=1S/C17H23NO5S/c1-2-23-17(19)14-3-7-16(8-4-14)24(20,21)18(15-5-6-15)11-13-9-10-22-12-13/h3-4,7-8,13,15H,2,5-6,9-12H2,1H3/t13-/m0/s1. The maximum Gasteiger partial charge on any atom is 0.338 e. The van der Waals surface area contributed by atoms with Gasteiger partial charge in [-0.1, -0.05) is 0 Å². The van der Waals surface area contributed by atoms with Crippen LogP contribution in [0.15, 0.2) is 29.2 Å². The Balaban J connectivity index is 1.78. The summed E-state index contributed by atoms with van der Waals surface area (Å²) in [5.74, 6) is -0.178. The summed E-state index contributed by atoms with van der Waals surface area (Å²) < 4.78 is 37.9. The fraction of sp³-hybridized carbons (Fsp3) is 0.588. The van der Waals surface area contributed by atoms with Crippen LogP contribution < -0.4 is 0 Å². The molecule has 0 N–H and O–H groups in total. The van der Waals surface area contributed by atoms with Gasteiger partial charge < -0.3 is 9.47 Å². The highest BCUT2D eigenvalue weighted by Crippen LogP contribution is 2.33. The van der Waals surface area contributed by atoms with Crippen LogP contribution in [0.1, 0.15) is 36.5 Å². The Morgan fingerprint density at radius 3 is 2.50 bits per heavy atom. The first-order valence-electron chi connectivity index (χ1n) is 8.39. The zero-order valence-electron chi connectivity index (χ0n) is 13.8. The molecule has 0 unspecified atom stereocenters. The lowest BCUT2D eigenvalue weighted by atomic mass is 10.1. The van der Waals surface area contributed by atoms with Gasteiger partial charge in [0.25, 0.3) is 0 Å². The minimum atomic E-state index is -3.55. The monoisotopic (exact) mass is 353 g/mol. The molecule has 2 aliphatic rings. The molecule has 1 aromatic rings. The molecule has 7 heteroatoms. The lowest BCUT2D eigenvalue weighted by Crippen LogP contribution is -2.37. The second-order valence-corrected chi connectivity index (χ2v) is 8.17. The molecule has 1 atom stereocenters. The van der Waals surface area contributed by atoms with Gasteiger partial charge in [0.1, 0.15) is 0 Å². The highest BCUT2D eigenvalue weighted by atomic mass is 32.2. The van der Waals surface area contributed by atoms with Crippen LogP contribution in [0.4, 0.5) is 0 Å². The van der Waals surface area contributed by atoms with Crippen molar-refractivity contribution < 1.29 is 22.7 Å². The van der Waals surface area contributed by atoms with E-state index in [0.29, 0.717) is 25.3 Å². The van der Waals surface area contributed by atoms with Gasteiger partial charge >= 0.3 is 5.97 Å². The van der Waals surface area contributed by atoms with Crippen LogP contribution in [0.2, 0.25) is 0 Å². The first kappa shape index (κ1) is 17.4. The molecule has 0 bridgehead atoms. The Bertz CT molecular complexity index is 675. The average molecular weight is 353 g/mol. The van der Waals surface area contributed by atoms with E-state index in [4.69, 9.17) is 9.47 Å². The predicted molar refractivity (Wildman–Crippen MR) is 88.2 cm³/mol. The van der Waals surface area contributed by atoms with Gasteiger partial charge in [-0.3, -0.25) is 0 Å². The van der Waals surface area contributed by atoms with Crippen molar-refractivity contribution in [3.63, 3.8) is 0 Å². The molecule has 1 aromatic carbocycles. The van der Waals surface area contributed by atoms with Gasteiger partial charge in [-0.2, -0.15) is 4.31 Å². The van der Waals surface area contributed by atoms with E-state index in [0.717, 1.165) is 19.3 Å². The quantitative estimate of drug-likeness (QED) is 0.702. The zero-order chi connectivity index (χ0) is 17.2. The summed E-state index contributed by atoms with van der Waals surface area (Å²) in [4.78, 5) is 11.9. The highest BCUT2D eigenvalue weighted by molar-refractivity contribution is 7.89. The third-order valence-electron chi connectivity index (χ3n) is 4.39. The van der Waals surface area contributed by atoms with Crippen molar-refractivity contribution in [1.82, 2.24) is 4.31 Å². The molecular weight excluding hydrogens is 330 g/mol. The normalized spacial score (nSPS) is 21.2.